The highest BCUT2D eigenvalue weighted by Gasteiger charge is 2.11. The van der Waals surface area contributed by atoms with E-state index in [1.54, 1.807) is 22.6 Å². The van der Waals surface area contributed by atoms with Crippen molar-refractivity contribution in [3.63, 3.8) is 0 Å². The van der Waals surface area contributed by atoms with Gasteiger partial charge < -0.3 is 10.8 Å². The van der Waals surface area contributed by atoms with Crippen LogP contribution in [-0.2, 0) is 9.59 Å². The van der Waals surface area contributed by atoms with E-state index >= 15 is 0 Å². The van der Waals surface area contributed by atoms with Crippen LogP contribution >= 0.6 is 22.6 Å². The van der Waals surface area contributed by atoms with Gasteiger partial charge in [0.1, 0.15) is 6.04 Å². The van der Waals surface area contributed by atoms with E-state index in [-0.39, 0.29) is 16.6 Å². The Balaban J connectivity index is 3.49. The lowest BCUT2D eigenvalue weighted by molar-refractivity contribution is -0.138. The van der Waals surface area contributed by atoms with Gasteiger partial charge in [-0.3, -0.25) is 9.59 Å². The smallest absolute Gasteiger partial charge is 0.320 e. The number of hydrogen-bond donors (Lipinski definition) is 2. The molecule has 0 bridgehead atoms. The minimum absolute atomic E-state index is 0.0608. The van der Waals surface area contributed by atoms with Gasteiger partial charge >= 0.3 is 5.97 Å². The number of hydrogen-bond acceptors (Lipinski definition) is 3. The predicted molar refractivity (Wildman–Crippen MR) is 43.9 cm³/mol. The maximum atomic E-state index is 10.3. The normalized spacial score (nSPS) is 12.6. The predicted octanol–water partition coefficient (Wildman–Crippen LogP) is 0.140. The van der Waals surface area contributed by atoms with Gasteiger partial charge in [0.2, 0.25) is 0 Å². The zero-order valence-corrected chi connectivity index (χ0v) is 7.37. The van der Waals surface area contributed by atoms with E-state index in [0.717, 1.165) is 0 Å². The van der Waals surface area contributed by atoms with Crippen LogP contribution in [0.15, 0.2) is 0 Å². The van der Waals surface area contributed by atoms with Gasteiger partial charge in [-0.05, 0) is 29.0 Å². The highest BCUT2D eigenvalue weighted by atomic mass is 127. The first-order valence-electron chi connectivity index (χ1n) is 2.70. The summed E-state index contributed by atoms with van der Waals surface area (Å²) in [6.07, 6.45) is 0.450. The summed E-state index contributed by atoms with van der Waals surface area (Å²) in [5.74, 6) is -1.06. The van der Waals surface area contributed by atoms with Gasteiger partial charge in [-0.1, -0.05) is 0 Å². The first-order valence-corrected chi connectivity index (χ1v) is 3.78. The molecule has 5 heteroatoms. The third kappa shape index (κ3) is 4.68. The summed E-state index contributed by atoms with van der Waals surface area (Å²) < 4.78 is -0.0608. The van der Waals surface area contributed by atoms with Crippen LogP contribution < -0.4 is 5.73 Å². The molecule has 0 radical (unpaired) electrons. The molecule has 10 heavy (non-hydrogen) atoms. The van der Waals surface area contributed by atoms with Gasteiger partial charge in [0.05, 0.1) is 0 Å². The Morgan fingerprint density at radius 1 is 1.60 bits per heavy atom. The molecule has 3 N–H and O–H groups in total. The highest BCUT2D eigenvalue weighted by molar-refractivity contribution is 14.1. The van der Waals surface area contributed by atoms with Crippen LogP contribution in [0.3, 0.4) is 0 Å². The Bertz CT molecular complexity index is 148. The van der Waals surface area contributed by atoms with E-state index in [4.69, 9.17) is 10.8 Å². The molecule has 0 aliphatic heterocycles. The van der Waals surface area contributed by atoms with Crippen LogP contribution in [0.5, 0.6) is 0 Å². The minimum Gasteiger partial charge on any atom is -0.480 e. The lowest BCUT2D eigenvalue weighted by atomic mass is 10.2. The molecule has 1 atom stereocenters. The van der Waals surface area contributed by atoms with Crippen molar-refractivity contribution in [2.45, 2.75) is 18.9 Å². The first-order chi connectivity index (χ1) is 4.54. The molecule has 0 saturated carbocycles. The number of halogens is 1. The molecule has 0 aliphatic rings. The van der Waals surface area contributed by atoms with Gasteiger partial charge in [-0.15, -0.1) is 0 Å². The van der Waals surface area contributed by atoms with Crippen molar-refractivity contribution in [2.24, 2.45) is 5.73 Å². The fourth-order valence-corrected chi connectivity index (χ4v) is 0.704. The lowest BCUT2D eigenvalue weighted by Crippen LogP contribution is -2.30. The highest BCUT2D eigenvalue weighted by Crippen LogP contribution is 2.00. The molecule has 0 aromatic heterocycles. The number of carbonyl (C=O) groups excluding carboxylic acids is 1. The zero-order valence-electron chi connectivity index (χ0n) is 5.21. The van der Waals surface area contributed by atoms with Gasteiger partial charge in [0.15, 0.2) is 3.79 Å². The van der Waals surface area contributed by atoms with E-state index in [2.05, 4.69) is 0 Å². The summed E-state index contributed by atoms with van der Waals surface area (Å²) in [5, 5.41) is 8.26. The number of carbonyl (C=O) groups is 2. The average molecular weight is 257 g/mol. The van der Waals surface area contributed by atoms with Gasteiger partial charge in [0, 0.05) is 6.42 Å². The average Bonchev–Trinajstić information content (AvgIpc) is 1.82. The van der Waals surface area contributed by atoms with Crippen LogP contribution in [-0.4, -0.2) is 20.9 Å². The fourth-order valence-electron chi connectivity index (χ4n) is 0.392. The standard InChI is InChI=1S/C5H8INO3/c6-4(8)2-1-3(7)5(9)10/h3H,1-2,7H2,(H,9,10)/t3-/m0/s1. The summed E-state index contributed by atoms with van der Waals surface area (Å²) >= 11 is 1.61. The number of carboxylic acids is 1. The number of nitrogens with two attached hydrogens (primary N) is 1. The van der Waals surface area contributed by atoms with E-state index in [1.807, 2.05) is 0 Å². The Morgan fingerprint density at radius 2 is 2.10 bits per heavy atom. The van der Waals surface area contributed by atoms with Crippen molar-refractivity contribution in [3.8, 4) is 0 Å². The van der Waals surface area contributed by atoms with Gasteiger partial charge in [-0.2, -0.15) is 0 Å². The van der Waals surface area contributed by atoms with Gasteiger partial charge in [0.25, 0.3) is 0 Å². The van der Waals surface area contributed by atoms with E-state index < -0.39 is 12.0 Å². The molecule has 0 unspecified atom stereocenters. The summed E-state index contributed by atoms with van der Waals surface area (Å²) in [7, 11) is 0. The van der Waals surface area contributed by atoms with Gasteiger partial charge in [-0.25, -0.2) is 0 Å². The van der Waals surface area contributed by atoms with E-state index in [1.165, 1.54) is 0 Å². The number of rotatable bonds is 4. The summed E-state index contributed by atoms with van der Waals surface area (Å²) in [5.41, 5.74) is 5.11. The summed E-state index contributed by atoms with van der Waals surface area (Å²) in [6, 6.07) is -0.904. The first kappa shape index (κ1) is 9.83. The summed E-state index contributed by atoms with van der Waals surface area (Å²) in [4.78, 5) is 20.4. The third-order valence-electron chi connectivity index (χ3n) is 0.969. The zero-order chi connectivity index (χ0) is 8.15. The molecule has 0 spiro atoms. The van der Waals surface area contributed by atoms with Crippen molar-refractivity contribution in [1.29, 1.82) is 0 Å². The van der Waals surface area contributed by atoms with Crippen molar-refractivity contribution in [3.05, 3.63) is 0 Å². The van der Waals surface area contributed by atoms with Crippen LogP contribution in [0.2, 0.25) is 0 Å². The molecular formula is C5H8INO3. The quantitative estimate of drug-likeness (QED) is 0.554. The van der Waals surface area contributed by atoms with Crippen molar-refractivity contribution in [2.75, 3.05) is 0 Å². The molecule has 0 aliphatic carbocycles. The Morgan fingerprint density at radius 3 is 2.40 bits per heavy atom. The van der Waals surface area contributed by atoms with Crippen LogP contribution in [0.1, 0.15) is 12.8 Å². The second kappa shape index (κ2) is 4.62. The molecule has 0 fully saturated rings. The van der Waals surface area contributed by atoms with Crippen molar-refractivity contribution >= 4 is 32.4 Å². The fraction of sp³-hybridized carbons (Fsp3) is 0.600. The van der Waals surface area contributed by atoms with E-state index in [0.29, 0.717) is 0 Å². The second-order valence-corrected chi connectivity index (χ2v) is 3.04. The van der Waals surface area contributed by atoms with Crippen LogP contribution in [0.25, 0.3) is 0 Å². The molecule has 4 nitrogen and oxygen atoms in total. The summed E-state index contributed by atoms with van der Waals surface area (Å²) in [6.45, 7) is 0. The Labute approximate surface area is 71.9 Å². The monoisotopic (exact) mass is 257 g/mol. The second-order valence-electron chi connectivity index (χ2n) is 1.84. The molecular weight excluding hydrogens is 249 g/mol. The van der Waals surface area contributed by atoms with Crippen molar-refractivity contribution < 1.29 is 14.7 Å². The maximum absolute atomic E-state index is 10.3. The van der Waals surface area contributed by atoms with Crippen LogP contribution in [0.4, 0.5) is 0 Å². The number of carboxylic acid groups (broad SMARTS) is 1. The third-order valence-corrected chi connectivity index (χ3v) is 1.51. The Kier molecular flexibility index (Phi) is 4.54. The maximum Gasteiger partial charge on any atom is 0.320 e. The SMILES string of the molecule is N[C@@H](CCC(=O)I)C(=O)O. The minimum atomic E-state index is -1.06. The topological polar surface area (TPSA) is 80.4 Å². The van der Waals surface area contributed by atoms with E-state index in [9.17, 15) is 9.59 Å². The molecule has 0 amide bonds. The molecule has 0 aromatic rings. The van der Waals surface area contributed by atoms with Crippen LogP contribution in [0, 0.1) is 0 Å². The molecule has 58 valence electrons. The molecule has 0 heterocycles. The largest absolute Gasteiger partial charge is 0.480 e. The molecule has 0 saturated heterocycles. The lowest BCUT2D eigenvalue weighted by Gasteiger charge is -2.01. The molecule has 0 aromatic carbocycles. The number of aliphatic carboxylic acids is 1. The Hall–Kier alpha value is -0.170. The molecule has 0 rings (SSSR count). The van der Waals surface area contributed by atoms with Crippen molar-refractivity contribution in [1.82, 2.24) is 0 Å².